The minimum Gasteiger partial charge on any atom is -0.325 e. The Morgan fingerprint density at radius 2 is 2.09 bits per heavy atom. The standard InChI is InChI=1S/C17H13N3OS2/c1-22-11-4-2-10(3-5-11)18-8-12-15-13(20-17(12)21)6-7-14-16(15)23-9-19-14/h2-9,12H,1H3,(H,20,21). The molecule has 1 amide bonds. The summed E-state index contributed by atoms with van der Waals surface area (Å²) in [6.07, 6.45) is 3.77. The smallest absolute Gasteiger partial charge is 0.237 e. The third-order valence-electron chi connectivity index (χ3n) is 3.83. The van der Waals surface area contributed by atoms with Crippen molar-refractivity contribution in [3.63, 3.8) is 0 Å². The number of anilines is 1. The van der Waals surface area contributed by atoms with Crippen LogP contribution in [0.15, 0.2) is 51.8 Å². The van der Waals surface area contributed by atoms with E-state index in [0.29, 0.717) is 0 Å². The van der Waals surface area contributed by atoms with Gasteiger partial charge in [-0.25, -0.2) is 4.98 Å². The van der Waals surface area contributed by atoms with Crippen LogP contribution in [0.1, 0.15) is 11.5 Å². The number of hydrogen-bond donors (Lipinski definition) is 1. The molecule has 2 heterocycles. The maximum Gasteiger partial charge on any atom is 0.237 e. The molecule has 4 rings (SSSR count). The molecule has 4 nitrogen and oxygen atoms in total. The van der Waals surface area contributed by atoms with Gasteiger partial charge in [0, 0.05) is 22.4 Å². The van der Waals surface area contributed by atoms with E-state index in [9.17, 15) is 4.79 Å². The van der Waals surface area contributed by atoms with Crippen LogP contribution in [-0.4, -0.2) is 23.4 Å². The van der Waals surface area contributed by atoms with Crippen LogP contribution in [-0.2, 0) is 4.79 Å². The first-order chi connectivity index (χ1) is 11.3. The third kappa shape index (κ3) is 2.54. The zero-order valence-electron chi connectivity index (χ0n) is 12.3. The minimum atomic E-state index is -0.366. The quantitative estimate of drug-likeness (QED) is 0.566. The molecule has 3 aromatic rings. The van der Waals surface area contributed by atoms with Crippen molar-refractivity contribution in [2.24, 2.45) is 4.99 Å². The van der Waals surface area contributed by atoms with Crippen molar-refractivity contribution in [2.75, 3.05) is 11.6 Å². The van der Waals surface area contributed by atoms with Crippen LogP contribution in [0.4, 0.5) is 11.4 Å². The van der Waals surface area contributed by atoms with Gasteiger partial charge < -0.3 is 5.32 Å². The summed E-state index contributed by atoms with van der Waals surface area (Å²) in [5.74, 6) is -0.403. The van der Waals surface area contributed by atoms with Gasteiger partial charge in [0.15, 0.2) is 0 Å². The lowest BCUT2D eigenvalue weighted by Gasteiger charge is -2.03. The number of nitrogens with one attached hydrogen (secondary N) is 1. The highest BCUT2D eigenvalue weighted by Crippen LogP contribution is 2.39. The Labute approximate surface area is 141 Å². The molecule has 0 bridgehead atoms. The zero-order chi connectivity index (χ0) is 15.8. The molecule has 2 aromatic carbocycles. The van der Waals surface area contributed by atoms with Gasteiger partial charge in [-0.05, 0) is 42.7 Å². The lowest BCUT2D eigenvalue weighted by atomic mass is 10.0. The highest BCUT2D eigenvalue weighted by molar-refractivity contribution is 7.98. The zero-order valence-corrected chi connectivity index (χ0v) is 13.9. The molecule has 23 heavy (non-hydrogen) atoms. The van der Waals surface area contributed by atoms with Crippen molar-refractivity contribution in [3.05, 3.63) is 47.5 Å². The van der Waals surface area contributed by atoms with Crippen molar-refractivity contribution >= 4 is 56.8 Å². The molecule has 1 aliphatic heterocycles. The second kappa shape index (κ2) is 5.79. The fourth-order valence-corrected chi connectivity index (χ4v) is 3.97. The number of aromatic nitrogens is 1. The molecule has 0 spiro atoms. The molecule has 6 heteroatoms. The van der Waals surface area contributed by atoms with Gasteiger partial charge in [0.25, 0.3) is 0 Å². The van der Waals surface area contributed by atoms with E-state index in [2.05, 4.69) is 15.3 Å². The largest absolute Gasteiger partial charge is 0.325 e. The normalized spacial score (nSPS) is 16.9. The lowest BCUT2D eigenvalue weighted by Crippen LogP contribution is -2.12. The summed E-state index contributed by atoms with van der Waals surface area (Å²) in [5.41, 5.74) is 5.43. The summed E-state index contributed by atoms with van der Waals surface area (Å²) in [6, 6.07) is 11.8. The number of amides is 1. The number of carbonyl (C=O) groups is 1. The van der Waals surface area contributed by atoms with Gasteiger partial charge in [0.05, 0.1) is 21.4 Å². The van der Waals surface area contributed by atoms with E-state index in [4.69, 9.17) is 0 Å². The number of thiazole rings is 1. The number of benzene rings is 2. The van der Waals surface area contributed by atoms with E-state index in [1.165, 1.54) is 4.90 Å². The molecule has 0 aliphatic carbocycles. The number of hydrogen-bond acceptors (Lipinski definition) is 5. The van der Waals surface area contributed by atoms with Crippen LogP contribution < -0.4 is 5.32 Å². The first-order valence-corrected chi connectivity index (χ1v) is 9.22. The Kier molecular flexibility index (Phi) is 3.63. The number of nitrogens with zero attached hydrogens (tertiary/aromatic N) is 2. The van der Waals surface area contributed by atoms with Crippen molar-refractivity contribution < 1.29 is 4.79 Å². The maximum absolute atomic E-state index is 12.3. The Morgan fingerprint density at radius 3 is 2.87 bits per heavy atom. The molecular weight excluding hydrogens is 326 g/mol. The summed E-state index contributed by atoms with van der Waals surface area (Å²) in [7, 11) is 0. The van der Waals surface area contributed by atoms with E-state index in [-0.39, 0.29) is 11.8 Å². The highest BCUT2D eigenvalue weighted by Gasteiger charge is 2.31. The summed E-state index contributed by atoms with van der Waals surface area (Å²) >= 11 is 3.25. The summed E-state index contributed by atoms with van der Waals surface area (Å²) in [4.78, 5) is 22.3. The van der Waals surface area contributed by atoms with Crippen molar-refractivity contribution in [1.29, 1.82) is 0 Å². The van der Waals surface area contributed by atoms with Gasteiger partial charge in [-0.3, -0.25) is 9.79 Å². The molecule has 114 valence electrons. The Morgan fingerprint density at radius 1 is 1.26 bits per heavy atom. The van der Waals surface area contributed by atoms with E-state index in [1.54, 1.807) is 29.3 Å². The number of carbonyl (C=O) groups excluding carboxylic acids is 1. The molecule has 0 saturated carbocycles. The molecule has 1 aliphatic rings. The second-order valence-electron chi connectivity index (χ2n) is 5.17. The first-order valence-electron chi connectivity index (χ1n) is 7.11. The number of fused-ring (bicyclic) bond motifs is 3. The topological polar surface area (TPSA) is 54.4 Å². The average Bonchev–Trinajstić information content (AvgIpc) is 3.16. The van der Waals surface area contributed by atoms with Crippen LogP contribution in [0.5, 0.6) is 0 Å². The van der Waals surface area contributed by atoms with E-state index >= 15 is 0 Å². The van der Waals surface area contributed by atoms with Gasteiger partial charge >= 0.3 is 0 Å². The van der Waals surface area contributed by atoms with Crippen molar-refractivity contribution in [3.8, 4) is 0 Å². The maximum atomic E-state index is 12.3. The monoisotopic (exact) mass is 339 g/mol. The molecule has 0 radical (unpaired) electrons. The average molecular weight is 339 g/mol. The van der Waals surface area contributed by atoms with E-state index in [0.717, 1.165) is 27.2 Å². The summed E-state index contributed by atoms with van der Waals surface area (Å²) in [6.45, 7) is 0. The molecule has 1 N–H and O–H groups in total. The van der Waals surface area contributed by atoms with Crippen LogP contribution in [0.2, 0.25) is 0 Å². The number of aliphatic imine (C=N–C) groups is 1. The third-order valence-corrected chi connectivity index (χ3v) is 5.45. The van der Waals surface area contributed by atoms with Crippen LogP contribution in [0, 0.1) is 0 Å². The molecule has 1 unspecified atom stereocenters. The van der Waals surface area contributed by atoms with E-state index in [1.807, 2.05) is 48.2 Å². The fraction of sp³-hybridized carbons (Fsp3) is 0.118. The predicted octanol–water partition coefficient (Wildman–Crippen LogP) is 4.46. The fourth-order valence-electron chi connectivity index (χ4n) is 2.68. The number of thioether (sulfide) groups is 1. The van der Waals surface area contributed by atoms with Gasteiger partial charge in [-0.2, -0.15) is 0 Å². The molecule has 1 atom stereocenters. The van der Waals surface area contributed by atoms with Gasteiger partial charge in [-0.15, -0.1) is 23.1 Å². The van der Waals surface area contributed by atoms with Crippen LogP contribution >= 0.6 is 23.1 Å². The van der Waals surface area contributed by atoms with Crippen LogP contribution in [0.25, 0.3) is 10.2 Å². The van der Waals surface area contributed by atoms with Gasteiger partial charge in [0.1, 0.15) is 5.92 Å². The van der Waals surface area contributed by atoms with Crippen molar-refractivity contribution in [2.45, 2.75) is 10.8 Å². The Bertz CT molecular complexity index is 915. The lowest BCUT2D eigenvalue weighted by molar-refractivity contribution is -0.115. The van der Waals surface area contributed by atoms with Gasteiger partial charge in [-0.1, -0.05) is 0 Å². The van der Waals surface area contributed by atoms with Gasteiger partial charge in [0.2, 0.25) is 5.91 Å². The Balaban J connectivity index is 1.71. The van der Waals surface area contributed by atoms with Crippen LogP contribution in [0.3, 0.4) is 0 Å². The second-order valence-corrected chi connectivity index (χ2v) is 6.90. The SMILES string of the molecule is CSc1ccc(N=CC2C(=O)Nc3ccc4ncsc4c32)cc1. The summed E-state index contributed by atoms with van der Waals surface area (Å²) < 4.78 is 1.05. The Hall–Kier alpha value is -2.18. The summed E-state index contributed by atoms with van der Waals surface area (Å²) in [5, 5.41) is 2.93. The highest BCUT2D eigenvalue weighted by atomic mass is 32.2. The molecule has 0 fully saturated rings. The van der Waals surface area contributed by atoms with Crippen molar-refractivity contribution in [1.82, 2.24) is 4.98 Å². The predicted molar refractivity (Wildman–Crippen MR) is 97.4 cm³/mol. The first kappa shape index (κ1) is 14.4. The molecule has 0 saturated heterocycles. The number of rotatable bonds is 3. The molecular formula is C17H13N3OS2. The minimum absolute atomic E-state index is 0.0367. The molecule has 1 aromatic heterocycles. The van der Waals surface area contributed by atoms with E-state index < -0.39 is 0 Å².